The van der Waals surface area contributed by atoms with Gasteiger partial charge in [-0.25, -0.2) is 5.43 Å². The van der Waals surface area contributed by atoms with Crippen LogP contribution < -0.4 is 5.43 Å². The fraction of sp³-hybridized carbons (Fsp3) is 0.300. The Morgan fingerprint density at radius 1 is 1.16 bits per heavy atom. The van der Waals surface area contributed by atoms with Gasteiger partial charge in [0.2, 0.25) is 0 Å². The van der Waals surface area contributed by atoms with Crippen LogP contribution in [-0.4, -0.2) is 27.1 Å². The summed E-state index contributed by atoms with van der Waals surface area (Å²) in [6.07, 6.45) is 3.39. The van der Waals surface area contributed by atoms with Crippen molar-refractivity contribution in [3.63, 3.8) is 0 Å². The molecular weight excluding hydrogens is 310 g/mol. The number of nitrogens with one attached hydrogen (secondary N) is 1. The van der Waals surface area contributed by atoms with Gasteiger partial charge in [0, 0.05) is 13.0 Å². The number of hydrazine groups is 1. The molecule has 1 aliphatic heterocycles. The molecule has 1 aliphatic carbocycles. The maximum absolute atomic E-state index is 4.40. The normalized spacial score (nSPS) is 19.0. The Morgan fingerprint density at radius 3 is 2.88 bits per heavy atom. The summed E-state index contributed by atoms with van der Waals surface area (Å²) in [6.45, 7) is 2.26. The first-order chi connectivity index (χ1) is 12.3. The lowest BCUT2D eigenvalue weighted by Crippen LogP contribution is -2.22. The summed E-state index contributed by atoms with van der Waals surface area (Å²) in [5.74, 6) is 1.55. The Kier molecular flexibility index (Phi) is 3.18. The molecule has 2 aromatic carbocycles. The lowest BCUT2D eigenvalue weighted by Gasteiger charge is -2.26. The van der Waals surface area contributed by atoms with E-state index in [9.17, 15) is 0 Å². The molecule has 0 saturated heterocycles. The summed E-state index contributed by atoms with van der Waals surface area (Å²) < 4.78 is 1.96. The number of para-hydroxylation sites is 1. The van der Waals surface area contributed by atoms with Crippen LogP contribution in [0.3, 0.4) is 0 Å². The molecule has 1 atom stereocenters. The van der Waals surface area contributed by atoms with Crippen LogP contribution in [0.2, 0.25) is 0 Å². The molecule has 1 unspecified atom stereocenters. The van der Waals surface area contributed by atoms with E-state index in [0.29, 0.717) is 5.92 Å². The summed E-state index contributed by atoms with van der Waals surface area (Å²) in [6, 6.07) is 14.9. The predicted molar refractivity (Wildman–Crippen MR) is 98.5 cm³/mol. The zero-order valence-electron chi connectivity index (χ0n) is 14.5. The van der Waals surface area contributed by atoms with Crippen LogP contribution in [0, 0.1) is 0 Å². The van der Waals surface area contributed by atoms with Crippen molar-refractivity contribution < 1.29 is 0 Å². The third-order valence-corrected chi connectivity index (χ3v) is 5.48. The number of benzene rings is 2. The summed E-state index contributed by atoms with van der Waals surface area (Å²) in [5, 5.41) is 10.9. The highest BCUT2D eigenvalue weighted by Crippen LogP contribution is 2.49. The lowest BCUT2D eigenvalue weighted by molar-refractivity contribution is 0.437. The van der Waals surface area contributed by atoms with Gasteiger partial charge in [0.1, 0.15) is 5.52 Å². The molecule has 5 rings (SSSR count). The molecule has 1 aromatic heterocycles. The number of aromatic nitrogens is 3. The predicted octanol–water partition coefficient (Wildman–Crippen LogP) is 3.30. The number of rotatable bonds is 4. The van der Waals surface area contributed by atoms with Crippen LogP contribution in [0.5, 0.6) is 0 Å². The second kappa shape index (κ2) is 5.43. The van der Waals surface area contributed by atoms with E-state index in [1.165, 1.54) is 22.4 Å². The molecular formula is C20H21N5. The van der Waals surface area contributed by atoms with Crippen LogP contribution in [-0.2, 0) is 12.8 Å². The van der Waals surface area contributed by atoms with Gasteiger partial charge in [-0.2, -0.15) is 4.68 Å². The van der Waals surface area contributed by atoms with Gasteiger partial charge in [-0.15, -0.1) is 5.10 Å². The first kappa shape index (κ1) is 14.7. The fourth-order valence-corrected chi connectivity index (χ4v) is 4.32. The van der Waals surface area contributed by atoms with Gasteiger partial charge >= 0.3 is 0 Å². The van der Waals surface area contributed by atoms with Crippen molar-refractivity contribution in [1.82, 2.24) is 25.4 Å². The highest BCUT2D eigenvalue weighted by atomic mass is 15.7. The first-order valence-electron chi connectivity index (χ1n) is 8.96. The Labute approximate surface area is 146 Å². The minimum absolute atomic E-state index is 0.425. The van der Waals surface area contributed by atoms with Crippen molar-refractivity contribution in [3.8, 4) is 0 Å². The number of hydrogen-bond acceptors (Lipinski definition) is 4. The van der Waals surface area contributed by atoms with Crippen molar-refractivity contribution in [1.29, 1.82) is 0 Å². The Morgan fingerprint density at radius 2 is 2.04 bits per heavy atom. The van der Waals surface area contributed by atoms with Gasteiger partial charge in [-0.05, 0) is 48.1 Å². The molecule has 2 heterocycles. The van der Waals surface area contributed by atoms with Gasteiger partial charge in [0.05, 0.1) is 11.2 Å². The molecule has 2 aliphatic rings. The number of hydrogen-bond donors (Lipinski definition) is 1. The molecule has 0 fully saturated rings. The zero-order chi connectivity index (χ0) is 17.0. The van der Waals surface area contributed by atoms with Gasteiger partial charge in [0.15, 0.2) is 5.82 Å². The van der Waals surface area contributed by atoms with E-state index < -0.39 is 0 Å². The Balaban J connectivity index is 1.63. The molecule has 0 spiro atoms. The molecule has 25 heavy (non-hydrogen) atoms. The molecule has 0 amide bonds. The summed E-state index contributed by atoms with van der Waals surface area (Å²) >= 11 is 0. The average Bonchev–Trinajstić information content (AvgIpc) is 3.20. The topological polar surface area (TPSA) is 45.8 Å². The molecule has 0 radical (unpaired) electrons. The Hall–Kier alpha value is -2.66. The highest BCUT2D eigenvalue weighted by molar-refractivity contribution is 5.81. The average molecular weight is 331 g/mol. The van der Waals surface area contributed by atoms with Crippen LogP contribution in [0.1, 0.15) is 36.0 Å². The number of allylic oxidation sites excluding steroid dienone is 1. The Bertz CT molecular complexity index is 1000. The maximum Gasteiger partial charge on any atom is 0.173 e. The smallest absolute Gasteiger partial charge is 0.173 e. The standard InChI is InChI=1S/C20H21N5/c1-3-14-13-7-6-8-15(14)16(12-11-13)19-20(25(19)21-2)24-18-10-5-4-9-17(18)22-23-24/h4-10,16,21H,3,11-12H2,1-2H3. The minimum atomic E-state index is 0.425. The van der Waals surface area contributed by atoms with E-state index in [1.54, 1.807) is 0 Å². The van der Waals surface area contributed by atoms with Crippen molar-refractivity contribution in [2.45, 2.75) is 32.1 Å². The number of nitrogens with zero attached hydrogens (tertiary/aromatic N) is 4. The second-order valence-electron chi connectivity index (χ2n) is 6.69. The quantitative estimate of drug-likeness (QED) is 0.797. The monoisotopic (exact) mass is 331 g/mol. The summed E-state index contributed by atoms with van der Waals surface area (Å²) in [5.41, 5.74) is 11.1. The number of aryl methyl sites for hydroxylation is 1. The van der Waals surface area contributed by atoms with E-state index >= 15 is 0 Å². The van der Waals surface area contributed by atoms with E-state index in [1.807, 2.05) is 29.9 Å². The van der Waals surface area contributed by atoms with E-state index in [-0.39, 0.29) is 0 Å². The molecule has 5 nitrogen and oxygen atoms in total. The summed E-state index contributed by atoms with van der Waals surface area (Å²) in [7, 11) is 1.96. The molecule has 5 heteroatoms. The van der Waals surface area contributed by atoms with E-state index in [2.05, 4.69) is 51.9 Å². The van der Waals surface area contributed by atoms with Crippen molar-refractivity contribution in [2.75, 3.05) is 7.05 Å². The lowest BCUT2D eigenvalue weighted by atomic mass is 9.79. The third kappa shape index (κ3) is 2.05. The van der Waals surface area contributed by atoms with Crippen LogP contribution >= 0.6 is 0 Å². The maximum atomic E-state index is 4.40. The summed E-state index contributed by atoms with van der Waals surface area (Å²) in [4.78, 5) is 0. The van der Waals surface area contributed by atoms with Gasteiger partial charge in [-0.1, -0.05) is 42.5 Å². The zero-order valence-corrected chi connectivity index (χ0v) is 14.5. The van der Waals surface area contributed by atoms with Crippen LogP contribution in [0.25, 0.3) is 16.9 Å². The van der Waals surface area contributed by atoms with Crippen LogP contribution in [0.15, 0.2) is 48.2 Å². The molecule has 0 saturated carbocycles. The third-order valence-electron chi connectivity index (χ3n) is 5.48. The number of fused-ring (bicyclic) bond motifs is 3. The van der Waals surface area contributed by atoms with Gasteiger partial charge < -0.3 is 0 Å². The van der Waals surface area contributed by atoms with Gasteiger partial charge in [0.25, 0.3) is 0 Å². The van der Waals surface area contributed by atoms with Gasteiger partial charge in [-0.3, -0.25) is 5.01 Å². The molecule has 1 N–H and O–H groups in total. The fourth-order valence-electron chi connectivity index (χ4n) is 4.32. The van der Waals surface area contributed by atoms with Crippen LogP contribution in [0.4, 0.5) is 0 Å². The largest absolute Gasteiger partial charge is 0.258 e. The van der Waals surface area contributed by atoms with E-state index in [4.69, 9.17) is 0 Å². The van der Waals surface area contributed by atoms with Crippen molar-refractivity contribution in [2.24, 2.45) is 0 Å². The molecule has 2 bridgehead atoms. The molecule has 3 aromatic rings. The minimum Gasteiger partial charge on any atom is -0.258 e. The first-order valence-corrected chi connectivity index (χ1v) is 8.96. The highest BCUT2D eigenvalue weighted by Gasteiger charge is 2.43. The SMILES string of the molecule is CCc1c2cccc1C(C1=C(n3nnc4ccccc43)N1NC)CC2. The van der Waals surface area contributed by atoms with Crippen molar-refractivity contribution in [3.05, 3.63) is 64.9 Å². The second-order valence-corrected chi connectivity index (χ2v) is 6.69. The molecule has 126 valence electrons. The van der Waals surface area contributed by atoms with E-state index in [0.717, 1.165) is 36.1 Å². The van der Waals surface area contributed by atoms with Crippen molar-refractivity contribution >= 4 is 16.9 Å².